The maximum atomic E-state index is 13.6. The van der Waals surface area contributed by atoms with Gasteiger partial charge in [-0.05, 0) is 24.6 Å². The van der Waals surface area contributed by atoms with Crippen LogP contribution in [0.4, 0.5) is 30.4 Å². The summed E-state index contributed by atoms with van der Waals surface area (Å²) in [5.41, 5.74) is -0.186. The summed E-state index contributed by atoms with van der Waals surface area (Å²) in [5.74, 6) is 0.442. The van der Waals surface area contributed by atoms with Gasteiger partial charge in [-0.15, -0.1) is 0 Å². The first-order valence-corrected chi connectivity index (χ1v) is 9.38. The van der Waals surface area contributed by atoms with Crippen molar-refractivity contribution in [3.05, 3.63) is 36.0 Å². The predicted molar refractivity (Wildman–Crippen MR) is 104 cm³/mol. The molecule has 0 bridgehead atoms. The van der Waals surface area contributed by atoms with Crippen LogP contribution in [0.5, 0.6) is 5.75 Å². The van der Waals surface area contributed by atoms with Crippen LogP contribution in [0.2, 0.25) is 0 Å². The van der Waals surface area contributed by atoms with Crippen molar-refractivity contribution in [2.24, 2.45) is 0 Å². The fourth-order valence-electron chi connectivity index (χ4n) is 3.03. The zero-order chi connectivity index (χ0) is 19.9. The summed E-state index contributed by atoms with van der Waals surface area (Å²) < 4.78 is 40.7. The number of hydrogen-bond acceptors (Lipinski definition) is 3. The highest BCUT2D eigenvalue weighted by molar-refractivity contribution is 5.66. The molecule has 4 nitrogen and oxygen atoms in total. The topological polar surface area (TPSA) is 51.3 Å². The summed E-state index contributed by atoms with van der Waals surface area (Å²) >= 11 is 0. The van der Waals surface area contributed by atoms with Crippen LogP contribution >= 0.6 is 0 Å². The highest BCUT2D eigenvalue weighted by atomic mass is 19.4. The van der Waals surface area contributed by atoms with Gasteiger partial charge in [0.25, 0.3) is 0 Å². The molecule has 27 heavy (non-hydrogen) atoms. The van der Waals surface area contributed by atoms with Crippen LogP contribution in [0.1, 0.15) is 51.0 Å². The van der Waals surface area contributed by atoms with E-state index in [1.165, 1.54) is 37.6 Å². The van der Waals surface area contributed by atoms with Crippen LogP contribution in [0.15, 0.2) is 30.5 Å². The van der Waals surface area contributed by atoms with Crippen LogP contribution in [-0.4, -0.2) is 23.7 Å². The average molecular weight is 383 g/mol. The Bertz CT molecular complexity index is 713. The third-order valence-corrected chi connectivity index (χ3v) is 4.51. The standard InChI is InChI=1S/C20H28F3N3O/c1-3-4-5-6-7-8-11-26(2)18-10-9-15(12-17(18)20(21,22)23)25-19-13-16(27)14-24-19/h9-10,12-14,24-25,27H,3-8,11H2,1-2H3. The van der Waals surface area contributed by atoms with Crippen molar-refractivity contribution in [3.8, 4) is 5.75 Å². The number of aromatic hydroxyl groups is 1. The normalized spacial score (nSPS) is 11.6. The van der Waals surface area contributed by atoms with Gasteiger partial charge in [-0.1, -0.05) is 39.0 Å². The van der Waals surface area contributed by atoms with Crippen molar-refractivity contribution in [3.63, 3.8) is 0 Å². The van der Waals surface area contributed by atoms with Crippen molar-refractivity contribution in [2.75, 3.05) is 23.8 Å². The number of rotatable bonds is 10. The summed E-state index contributed by atoms with van der Waals surface area (Å²) in [7, 11) is 1.70. The monoisotopic (exact) mass is 383 g/mol. The molecule has 0 saturated carbocycles. The molecule has 0 aliphatic rings. The van der Waals surface area contributed by atoms with Gasteiger partial charge < -0.3 is 20.3 Å². The second kappa shape index (κ2) is 9.58. The molecule has 150 valence electrons. The number of nitrogens with one attached hydrogen (secondary N) is 2. The number of alkyl halides is 3. The van der Waals surface area contributed by atoms with Gasteiger partial charge in [0, 0.05) is 37.2 Å². The van der Waals surface area contributed by atoms with Crippen molar-refractivity contribution in [2.45, 2.75) is 51.6 Å². The van der Waals surface area contributed by atoms with Crippen LogP contribution in [0.25, 0.3) is 0 Å². The van der Waals surface area contributed by atoms with Gasteiger partial charge in [-0.25, -0.2) is 0 Å². The maximum absolute atomic E-state index is 13.6. The fraction of sp³-hybridized carbons (Fsp3) is 0.500. The van der Waals surface area contributed by atoms with Gasteiger partial charge in [0.2, 0.25) is 0 Å². The van der Waals surface area contributed by atoms with Crippen LogP contribution < -0.4 is 10.2 Å². The van der Waals surface area contributed by atoms with E-state index in [1.807, 2.05) is 0 Å². The second-order valence-electron chi connectivity index (χ2n) is 6.82. The van der Waals surface area contributed by atoms with Crippen molar-refractivity contribution >= 4 is 17.2 Å². The molecule has 0 amide bonds. The van der Waals surface area contributed by atoms with Gasteiger partial charge in [-0.2, -0.15) is 13.2 Å². The van der Waals surface area contributed by atoms with Gasteiger partial charge in [0.15, 0.2) is 0 Å². The first-order valence-electron chi connectivity index (χ1n) is 9.38. The van der Waals surface area contributed by atoms with E-state index in [1.54, 1.807) is 18.0 Å². The third kappa shape index (κ3) is 6.41. The lowest BCUT2D eigenvalue weighted by Gasteiger charge is -2.24. The Morgan fingerprint density at radius 3 is 2.41 bits per heavy atom. The Labute approximate surface area is 158 Å². The van der Waals surface area contributed by atoms with E-state index in [0.29, 0.717) is 18.1 Å². The first kappa shape index (κ1) is 21.0. The zero-order valence-corrected chi connectivity index (χ0v) is 15.9. The Morgan fingerprint density at radius 2 is 1.78 bits per heavy atom. The molecule has 2 rings (SSSR count). The zero-order valence-electron chi connectivity index (χ0n) is 15.9. The molecular weight excluding hydrogens is 355 g/mol. The van der Waals surface area contributed by atoms with E-state index in [0.717, 1.165) is 25.3 Å². The minimum atomic E-state index is -4.44. The lowest BCUT2D eigenvalue weighted by molar-refractivity contribution is -0.137. The highest BCUT2D eigenvalue weighted by Gasteiger charge is 2.34. The summed E-state index contributed by atoms with van der Waals surface area (Å²) in [6, 6.07) is 5.61. The molecular formula is C20H28F3N3O. The second-order valence-corrected chi connectivity index (χ2v) is 6.82. The summed E-state index contributed by atoms with van der Waals surface area (Å²) in [6.07, 6.45) is 3.51. The molecule has 1 heterocycles. The minimum Gasteiger partial charge on any atom is -0.506 e. The smallest absolute Gasteiger partial charge is 0.418 e. The average Bonchev–Trinajstić information content (AvgIpc) is 3.02. The molecule has 0 unspecified atom stereocenters. The molecule has 1 aromatic heterocycles. The van der Waals surface area contributed by atoms with E-state index in [2.05, 4.69) is 17.2 Å². The van der Waals surface area contributed by atoms with Crippen LogP contribution in [-0.2, 0) is 6.18 Å². The first-order chi connectivity index (χ1) is 12.8. The molecule has 0 saturated heterocycles. The molecule has 0 radical (unpaired) electrons. The molecule has 2 aromatic rings. The van der Waals surface area contributed by atoms with Crippen molar-refractivity contribution < 1.29 is 18.3 Å². The number of aromatic amines is 1. The quantitative estimate of drug-likeness (QED) is 0.423. The van der Waals surface area contributed by atoms with Gasteiger partial charge in [-0.3, -0.25) is 0 Å². The molecule has 0 aliphatic heterocycles. The summed E-state index contributed by atoms with van der Waals surface area (Å²) in [6.45, 7) is 2.75. The van der Waals surface area contributed by atoms with Crippen molar-refractivity contribution in [1.82, 2.24) is 4.98 Å². The van der Waals surface area contributed by atoms with Crippen molar-refractivity contribution in [1.29, 1.82) is 0 Å². The SMILES string of the molecule is CCCCCCCCN(C)c1ccc(Nc2cc(O)c[nH]2)cc1C(F)(F)F. The molecule has 0 aliphatic carbocycles. The highest BCUT2D eigenvalue weighted by Crippen LogP contribution is 2.38. The Hall–Kier alpha value is -2.31. The Morgan fingerprint density at radius 1 is 1.07 bits per heavy atom. The number of nitrogens with zero attached hydrogens (tertiary/aromatic N) is 1. The fourth-order valence-corrected chi connectivity index (χ4v) is 3.03. The van der Waals surface area contributed by atoms with E-state index >= 15 is 0 Å². The number of unbranched alkanes of at least 4 members (excludes halogenated alkanes) is 5. The number of H-pyrrole nitrogens is 1. The van der Waals surface area contributed by atoms with E-state index in [-0.39, 0.29) is 11.4 Å². The number of anilines is 3. The lowest BCUT2D eigenvalue weighted by Crippen LogP contribution is -2.22. The number of benzene rings is 1. The molecule has 0 atom stereocenters. The van der Waals surface area contributed by atoms with E-state index < -0.39 is 11.7 Å². The molecule has 0 fully saturated rings. The molecule has 7 heteroatoms. The summed E-state index contributed by atoms with van der Waals surface area (Å²) in [4.78, 5) is 4.42. The maximum Gasteiger partial charge on any atom is 0.418 e. The Balaban J connectivity index is 2.06. The Kier molecular flexibility index (Phi) is 7.45. The minimum absolute atomic E-state index is 0.0174. The predicted octanol–water partition coefficient (Wildman–Crippen LogP) is 6.28. The third-order valence-electron chi connectivity index (χ3n) is 4.51. The van der Waals surface area contributed by atoms with Gasteiger partial charge >= 0.3 is 6.18 Å². The van der Waals surface area contributed by atoms with Gasteiger partial charge in [0.05, 0.1) is 5.56 Å². The summed E-state index contributed by atoms with van der Waals surface area (Å²) in [5, 5.41) is 12.2. The number of aromatic nitrogens is 1. The van der Waals surface area contributed by atoms with E-state index in [9.17, 15) is 18.3 Å². The van der Waals surface area contributed by atoms with Crippen LogP contribution in [0, 0.1) is 0 Å². The molecule has 0 spiro atoms. The molecule has 3 N–H and O–H groups in total. The van der Waals surface area contributed by atoms with Gasteiger partial charge in [0.1, 0.15) is 11.6 Å². The number of halogens is 3. The number of hydrogen-bond donors (Lipinski definition) is 3. The lowest BCUT2D eigenvalue weighted by atomic mass is 10.1. The van der Waals surface area contributed by atoms with Crippen LogP contribution in [0.3, 0.4) is 0 Å². The molecule has 1 aromatic carbocycles. The van der Waals surface area contributed by atoms with E-state index in [4.69, 9.17) is 0 Å². The largest absolute Gasteiger partial charge is 0.506 e.